The first-order valence-corrected chi connectivity index (χ1v) is 6.74. The monoisotopic (exact) mass is 296 g/mol. The summed E-state index contributed by atoms with van der Waals surface area (Å²) in [7, 11) is 0. The topological polar surface area (TPSA) is 62.0 Å². The molecule has 0 spiro atoms. The maximum absolute atomic E-state index is 13.6. The number of halogens is 1. The summed E-state index contributed by atoms with van der Waals surface area (Å²) in [5.74, 6) is -1.11. The number of benzene rings is 2. The molecule has 3 rings (SSSR count). The highest BCUT2D eigenvalue weighted by Gasteiger charge is 2.11. The highest BCUT2D eigenvalue weighted by molar-refractivity contribution is 6.05. The molecule has 110 valence electrons. The van der Waals surface area contributed by atoms with Crippen LogP contribution in [0.5, 0.6) is 0 Å². The molecule has 2 N–H and O–H groups in total. The molecule has 0 aliphatic rings. The number of amides is 1. The second-order valence-corrected chi connectivity index (χ2v) is 5.01. The summed E-state index contributed by atoms with van der Waals surface area (Å²) in [4.78, 5) is 26.3. The number of aryl methyl sites for hydroxylation is 1. The Morgan fingerprint density at radius 2 is 1.91 bits per heavy atom. The molecule has 22 heavy (non-hydrogen) atoms. The largest absolute Gasteiger partial charge is 0.322 e. The van der Waals surface area contributed by atoms with Gasteiger partial charge in [0.2, 0.25) is 5.56 Å². The van der Waals surface area contributed by atoms with Crippen LogP contribution in [0.3, 0.4) is 0 Å². The summed E-state index contributed by atoms with van der Waals surface area (Å²) in [6.45, 7) is 1.84. The van der Waals surface area contributed by atoms with Crippen LogP contribution in [0.15, 0.2) is 53.3 Å². The third-order valence-electron chi connectivity index (χ3n) is 3.43. The van der Waals surface area contributed by atoms with Crippen molar-refractivity contribution < 1.29 is 9.18 Å². The van der Waals surface area contributed by atoms with E-state index in [-0.39, 0.29) is 11.1 Å². The van der Waals surface area contributed by atoms with Crippen LogP contribution in [-0.4, -0.2) is 10.9 Å². The molecule has 3 aromatic rings. The highest BCUT2D eigenvalue weighted by atomic mass is 19.1. The van der Waals surface area contributed by atoms with E-state index in [1.54, 1.807) is 24.3 Å². The predicted molar refractivity (Wildman–Crippen MR) is 83.7 cm³/mol. The highest BCUT2D eigenvalue weighted by Crippen LogP contribution is 2.20. The second kappa shape index (κ2) is 5.44. The number of anilines is 1. The van der Waals surface area contributed by atoms with Gasteiger partial charge in [0.05, 0.1) is 11.1 Å². The number of rotatable bonds is 2. The Labute approximate surface area is 125 Å². The first-order chi connectivity index (χ1) is 10.5. The molecule has 1 amide bonds. The van der Waals surface area contributed by atoms with Crippen molar-refractivity contribution >= 4 is 22.5 Å². The smallest absolute Gasteiger partial charge is 0.258 e. The molecule has 0 saturated heterocycles. The number of aromatic nitrogens is 1. The first kappa shape index (κ1) is 14.0. The summed E-state index contributed by atoms with van der Waals surface area (Å²) >= 11 is 0. The Kier molecular flexibility index (Phi) is 3.47. The SMILES string of the molecule is Cc1cc(=O)[nH]c2cc(NC(=O)c3ccccc3F)ccc12. The van der Waals surface area contributed by atoms with E-state index in [0.717, 1.165) is 10.9 Å². The van der Waals surface area contributed by atoms with E-state index in [4.69, 9.17) is 0 Å². The van der Waals surface area contributed by atoms with E-state index in [1.165, 1.54) is 24.3 Å². The van der Waals surface area contributed by atoms with E-state index in [9.17, 15) is 14.0 Å². The number of nitrogens with one attached hydrogen (secondary N) is 2. The molecule has 5 heteroatoms. The lowest BCUT2D eigenvalue weighted by Crippen LogP contribution is -2.14. The quantitative estimate of drug-likeness (QED) is 0.762. The fourth-order valence-electron chi connectivity index (χ4n) is 2.36. The molecular formula is C17H13FN2O2. The van der Waals surface area contributed by atoms with E-state index in [0.29, 0.717) is 11.2 Å². The summed E-state index contributed by atoms with van der Waals surface area (Å²) in [6, 6.07) is 12.5. The van der Waals surface area contributed by atoms with Gasteiger partial charge < -0.3 is 10.3 Å². The zero-order chi connectivity index (χ0) is 15.7. The van der Waals surface area contributed by atoms with Crippen LogP contribution in [0, 0.1) is 12.7 Å². The van der Waals surface area contributed by atoms with Crippen molar-refractivity contribution in [2.24, 2.45) is 0 Å². The minimum atomic E-state index is -0.579. The number of aromatic amines is 1. The van der Waals surface area contributed by atoms with Gasteiger partial charge in [-0.25, -0.2) is 4.39 Å². The van der Waals surface area contributed by atoms with Crippen LogP contribution in [0.4, 0.5) is 10.1 Å². The Bertz CT molecular complexity index is 931. The van der Waals surface area contributed by atoms with Crippen LogP contribution >= 0.6 is 0 Å². The predicted octanol–water partition coefficient (Wildman–Crippen LogP) is 3.23. The number of carbonyl (C=O) groups is 1. The van der Waals surface area contributed by atoms with Gasteiger partial charge in [0.1, 0.15) is 5.82 Å². The maximum atomic E-state index is 13.6. The van der Waals surface area contributed by atoms with Crippen LogP contribution in [0.1, 0.15) is 15.9 Å². The molecule has 2 aromatic carbocycles. The average Bonchev–Trinajstić information content (AvgIpc) is 2.47. The van der Waals surface area contributed by atoms with Gasteiger partial charge in [-0.3, -0.25) is 9.59 Å². The zero-order valence-corrected chi connectivity index (χ0v) is 11.8. The van der Waals surface area contributed by atoms with Gasteiger partial charge >= 0.3 is 0 Å². The van der Waals surface area contributed by atoms with Crippen LogP contribution in [-0.2, 0) is 0 Å². The van der Waals surface area contributed by atoms with Gasteiger partial charge in [-0.2, -0.15) is 0 Å². The van der Waals surface area contributed by atoms with Gasteiger partial charge in [-0.15, -0.1) is 0 Å². The van der Waals surface area contributed by atoms with Crippen LogP contribution in [0.25, 0.3) is 10.9 Å². The fraction of sp³-hybridized carbons (Fsp3) is 0.0588. The van der Waals surface area contributed by atoms with Crippen molar-refractivity contribution in [2.75, 3.05) is 5.32 Å². The van der Waals surface area contributed by atoms with E-state index in [1.807, 2.05) is 6.92 Å². The van der Waals surface area contributed by atoms with Gasteiger partial charge in [0, 0.05) is 17.1 Å². The molecule has 0 aliphatic heterocycles. The Hall–Kier alpha value is -2.95. The molecule has 1 heterocycles. The van der Waals surface area contributed by atoms with Crippen LogP contribution < -0.4 is 10.9 Å². The molecule has 1 aromatic heterocycles. The van der Waals surface area contributed by atoms with Crippen molar-refractivity contribution in [1.29, 1.82) is 0 Å². The molecule has 0 unspecified atom stereocenters. The maximum Gasteiger partial charge on any atom is 0.258 e. The van der Waals surface area contributed by atoms with Gasteiger partial charge in [-0.05, 0) is 36.8 Å². The standard InChI is InChI=1S/C17H13FN2O2/c1-10-8-16(21)20-15-9-11(6-7-12(10)15)19-17(22)13-4-2-3-5-14(13)18/h2-9H,1H3,(H,19,22)(H,20,21). The molecule has 0 aliphatic carbocycles. The summed E-state index contributed by atoms with van der Waals surface area (Å²) in [5.41, 5.74) is 1.73. The molecular weight excluding hydrogens is 283 g/mol. The third-order valence-corrected chi connectivity index (χ3v) is 3.43. The molecule has 4 nitrogen and oxygen atoms in total. The Morgan fingerprint density at radius 1 is 1.14 bits per heavy atom. The number of pyridine rings is 1. The van der Waals surface area contributed by atoms with Gasteiger partial charge in [0.15, 0.2) is 0 Å². The lowest BCUT2D eigenvalue weighted by atomic mass is 10.1. The average molecular weight is 296 g/mol. The number of fused-ring (bicyclic) bond motifs is 1. The molecule has 0 bridgehead atoms. The van der Waals surface area contributed by atoms with Crippen molar-refractivity contribution in [3.63, 3.8) is 0 Å². The first-order valence-electron chi connectivity index (χ1n) is 6.74. The lowest BCUT2D eigenvalue weighted by molar-refractivity contribution is 0.102. The summed E-state index contributed by atoms with van der Waals surface area (Å²) in [6.07, 6.45) is 0. The molecule has 0 fully saturated rings. The van der Waals surface area contributed by atoms with Crippen molar-refractivity contribution in [1.82, 2.24) is 4.98 Å². The number of H-pyrrole nitrogens is 1. The minimum Gasteiger partial charge on any atom is -0.322 e. The van der Waals surface area contributed by atoms with E-state index in [2.05, 4.69) is 10.3 Å². The van der Waals surface area contributed by atoms with Crippen molar-refractivity contribution in [2.45, 2.75) is 6.92 Å². The Morgan fingerprint density at radius 3 is 2.68 bits per heavy atom. The number of hydrogen-bond acceptors (Lipinski definition) is 2. The fourth-order valence-corrected chi connectivity index (χ4v) is 2.36. The Balaban J connectivity index is 1.96. The van der Waals surface area contributed by atoms with Gasteiger partial charge in [0.25, 0.3) is 5.91 Å². The molecule has 0 radical (unpaired) electrons. The summed E-state index contributed by atoms with van der Waals surface area (Å²) in [5, 5.41) is 3.52. The molecule has 0 saturated carbocycles. The molecule has 0 atom stereocenters. The lowest BCUT2D eigenvalue weighted by Gasteiger charge is -2.08. The van der Waals surface area contributed by atoms with E-state index < -0.39 is 11.7 Å². The van der Waals surface area contributed by atoms with Crippen molar-refractivity contribution in [3.05, 3.63) is 75.8 Å². The van der Waals surface area contributed by atoms with Crippen molar-refractivity contribution in [3.8, 4) is 0 Å². The second-order valence-electron chi connectivity index (χ2n) is 5.01. The minimum absolute atomic E-state index is 0.0275. The summed E-state index contributed by atoms with van der Waals surface area (Å²) < 4.78 is 13.6. The van der Waals surface area contributed by atoms with E-state index >= 15 is 0 Å². The third kappa shape index (κ3) is 2.61. The normalized spacial score (nSPS) is 10.6. The van der Waals surface area contributed by atoms with Gasteiger partial charge in [-0.1, -0.05) is 18.2 Å². The number of carbonyl (C=O) groups excluding carboxylic acids is 1. The van der Waals surface area contributed by atoms with Crippen LogP contribution in [0.2, 0.25) is 0 Å². The zero-order valence-electron chi connectivity index (χ0n) is 11.8. The number of hydrogen-bond donors (Lipinski definition) is 2.